The SMILES string of the molecule is CCC(O)(CC)CNC1CCC12CCCCC2. The van der Waals surface area contributed by atoms with E-state index < -0.39 is 5.60 Å². The molecule has 2 aliphatic carbocycles. The van der Waals surface area contributed by atoms with E-state index in [4.69, 9.17) is 0 Å². The first kappa shape index (κ1) is 13.4. The summed E-state index contributed by atoms with van der Waals surface area (Å²) < 4.78 is 0. The molecule has 2 saturated carbocycles. The summed E-state index contributed by atoms with van der Waals surface area (Å²) >= 11 is 0. The van der Waals surface area contributed by atoms with Gasteiger partial charge in [-0.1, -0.05) is 33.1 Å². The molecule has 0 amide bonds. The summed E-state index contributed by atoms with van der Waals surface area (Å²) in [7, 11) is 0. The van der Waals surface area contributed by atoms with E-state index in [0.29, 0.717) is 11.5 Å². The molecule has 2 nitrogen and oxygen atoms in total. The van der Waals surface area contributed by atoms with E-state index in [9.17, 15) is 5.11 Å². The van der Waals surface area contributed by atoms with Gasteiger partial charge in [0.15, 0.2) is 0 Å². The van der Waals surface area contributed by atoms with Gasteiger partial charge < -0.3 is 10.4 Å². The summed E-state index contributed by atoms with van der Waals surface area (Å²) in [6.07, 6.45) is 11.6. The van der Waals surface area contributed by atoms with Crippen LogP contribution in [-0.2, 0) is 0 Å². The van der Waals surface area contributed by atoms with Crippen LogP contribution in [0.3, 0.4) is 0 Å². The van der Waals surface area contributed by atoms with Crippen LogP contribution in [0.1, 0.15) is 71.6 Å². The Bertz CT molecular complexity index is 241. The van der Waals surface area contributed by atoms with Gasteiger partial charge in [-0.3, -0.25) is 0 Å². The average molecular weight is 239 g/mol. The topological polar surface area (TPSA) is 32.3 Å². The maximum Gasteiger partial charge on any atom is 0.0766 e. The van der Waals surface area contributed by atoms with Crippen molar-refractivity contribution >= 4 is 0 Å². The molecular formula is C15H29NO. The van der Waals surface area contributed by atoms with Crippen LogP contribution < -0.4 is 5.32 Å². The number of hydrogen-bond acceptors (Lipinski definition) is 2. The molecule has 0 saturated heterocycles. The highest BCUT2D eigenvalue weighted by Gasteiger charge is 2.46. The van der Waals surface area contributed by atoms with Crippen LogP contribution in [-0.4, -0.2) is 23.3 Å². The van der Waals surface area contributed by atoms with Gasteiger partial charge in [0.25, 0.3) is 0 Å². The van der Waals surface area contributed by atoms with Crippen molar-refractivity contribution in [3.8, 4) is 0 Å². The minimum Gasteiger partial charge on any atom is -0.389 e. The van der Waals surface area contributed by atoms with Crippen LogP contribution in [0.5, 0.6) is 0 Å². The van der Waals surface area contributed by atoms with Gasteiger partial charge in [0.2, 0.25) is 0 Å². The quantitative estimate of drug-likeness (QED) is 0.772. The van der Waals surface area contributed by atoms with Crippen LogP contribution in [0.4, 0.5) is 0 Å². The third-order valence-corrected chi connectivity index (χ3v) is 5.51. The Labute approximate surface area is 106 Å². The zero-order chi connectivity index (χ0) is 12.4. The molecule has 100 valence electrons. The fourth-order valence-corrected chi connectivity index (χ4v) is 3.68. The lowest BCUT2D eigenvalue weighted by molar-refractivity contribution is -0.0120. The predicted octanol–water partition coefficient (Wildman–Crippen LogP) is 3.24. The van der Waals surface area contributed by atoms with Crippen LogP contribution in [0.2, 0.25) is 0 Å². The molecule has 0 aliphatic heterocycles. The van der Waals surface area contributed by atoms with Crippen molar-refractivity contribution in [1.82, 2.24) is 5.32 Å². The minimum atomic E-state index is -0.481. The highest BCUT2D eigenvalue weighted by atomic mass is 16.3. The van der Waals surface area contributed by atoms with Gasteiger partial charge in [0.1, 0.15) is 0 Å². The Kier molecular flexibility index (Phi) is 4.14. The van der Waals surface area contributed by atoms with Crippen LogP contribution in [0.25, 0.3) is 0 Å². The van der Waals surface area contributed by atoms with Crippen LogP contribution in [0.15, 0.2) is 0 Å². The average Bonchev–Trinajstić information content (AvgIpc) is 2.38. The van der Waals surface area contributed by atoms with E-state index in [0.717, 1.165) is 19.4 Å². The molecule has 0 radical (unpaired) electrons. The molecule has 0 aromatic carbocycles. The van der Waals surface area contributed by atoms with E-state index in [1.165, 1.54) is 44.9 Å². The molecule has 1 spiro atoms. The zero-order valence-electron chi connectivity index (χ0n) is 11.6. The second-order valence-corrected chi connectivity index (χ2v) is 6.33. The van der Waals surface area contributed by atoms with Crippen molar-refractivity contribution in [2.45, 2.75) is 83.3 Å². The Balaban J connectivity index is 1.83. The first-order chi connectivity index (χ1) is 8.14. The molecule has 2 aliphatic rings. The molecule has 1 atom stereocenters. The fourth-order valence-electron chi connectivity index (χ4n) is 3.68. The van der Waals surface area contributed by atoms with Crippen molar-refractivity contribution in [2.24, 2.45) is 5.41 Å². The van der Waals surface area contributed by atoms with Gasteiger partial charge in [0, 0.05) is 12.6 Å². The van der Waals surface area contributed by atoms with Crippen LogP contribution in [0, 0.1) is 5.41 Å². The second kappa shape index (κ2) is 5.27. The Morgan fingerprint density at radius 3 is 2.24 bits per heavy atom. The van der Waals surface area contributed by atoms with Crippen molar-refractivity contribution in [3.05, 3.63) is 0 Å². The molecule has 2 rings (SSSR count). The number of rotatable bonds is 5. The van der Waals surface area contributed by atoms with Gasteiger partial charge in [-0.05, 0) is 43.9 Å². The van der Waals surface area contributed by atoms with Gasteiger partial charge in [-0.2, -0.15) is 0 Å². The maximum absolute atomic E-state index is 10.3. The van der Waals surface area contributed by atoms with E-state index >= 15 is 0 Å². The lowest BCUT2D eigenvalue weighted by Crippen LogP contribution is -2.57. The van der Waals surface area contributed by atoms with E-state index in [2.05, 4.69) is 19.2 Å². The summed E-state index contributed by atoms with van der Waals surface area (Å²) in [6.45, 7) is 4.96. The molecule has 2 fully saturated rings. The molecule has 0 aromatic rings. The summed E-state index contributed by atoms with van der Waals surface area (Å²) in [6, 6.07) is 0.687. The third-order valence-electron chi connectivity index (χ3n) is 5.51. The Hall–Kier alpha value is -0.0800. The lowest BCUT2D eigenvalue weighted by Gasteiger charge is -2.53. The molecule has 0 heterocycles. The molecule has 2 heteroatoms. The normalized spacial score (nSPS) is 28.1. The van der Waals surface area contributed by atoms with Gasteiger partial charge in [-0.15, -0.1) is 0 Å². The number of hydrogen-bond donors (Lipinski definition) is 2. The minimum absolute atomic E-state index is 0.481. The Morgan fingerprint density at radius 1 is 1.12 bits per heavy atom. The van der Waals surface area contributed by atoms with Gasteiger partial charge in [-0.25, -0.2) is 0 Å². The summed E-state index contributed by atoms with van der Waals surface area (Å²) in [5.41, 5.74) is 0.131. The van der Waals surface area contributed by atoms with E-state index in [1.54, 1.807) is 0 Å². The standard InChI is InChI=1S/C15H29NO/c1-3-15(17,4-2)12-16-13-8-11-14(13)9-6-5-7-10-14/h13,16-17H,3-12H2,1-2H3. The molecule has 0 aromatic heterocycles. The highest BCUT2D eigenvalue weighted by molar-refractivity contribution is 5.02. The Morgan fingerprint density at radius 2 is 1.76 bits per heavy atom. The predicted molar refractivity (Wildman–Crippen MR) is 72.1 cm³/mol. The van der Waals surface area contributed by atoms with Gasteiger partial charge >= 0.3 is 0 Å². The van der Waals surface area contributed by atoms with E-state index in [1.807, 2.05) is 0 Å². The lowest BCUT2D eigenvalue weighted by atomic mass is 9.57. The first-order valence-electron chi connectivity index (χ1n) is 7.60. The van der Waals surface area contributed by atoms with Crippen LogP contribution >= 0.6 is 0 Å². The third kappa shape index (κ3) is 2.68. The summed E-state index contributed by atoms with van der Waals surface area (Å²) in [5.74, 6) is 0. The first-order valence-corrected chi connectivity index (χ1v) is 7.60. The molecule has 17 heavy (non-hydrogen) atoms. The maximum atomic E-state index is 10.3. The number of aliphatic hydroxyl groups is 1. The second-order valence-electron chi connectivity index (χ2n) is 6.33. The van der Waals surface area contributed by atoms with Crippen molar-refractivity contribution in [2.75, 3.05) is 6.54 Å². The van der Waals surface area contributed by atoms with Gasteiger partial charge in [0.05, 0.1) is 5.60 Å². The summed E-state index contributed by atoms with van der Waals surface area (Å²) in [4.78, 5) is 0. The highest BCUT2D eigenvalue weighted by Crippen LogP contribution is 2.51. The fraction of sp³-hybridized carbons (Fsp3) is 1.00. The number of nitrogens with one attached hydrogen (secondary N) is 1. The zero-order valence-corrected chi connectivity index (χ0v) is 11.6. The smallest absolute Gasteiger partial charge is 0.0766 e. The van der Waals surface area contributed by atoms with Crippen molar-refractivity contribution in [3.63, 3.8) is 0 Å². The largest absolute Gasteiger partial charge is 0.389 e. The monoisotopic (exact) mass is 239 g/mol. The molecule has 1 unspecified atom stereocenters. The van der Waals surface area contributed by atoms with Crippen molar-refractivity contribution < 1.29 is 5.11 Å². The molecular weight excluding hydrogens is 210 g/mol. The summed E-state index contributed by atoms with van der Waals surface area (Å²) in [5, 5.41) is 14.0. The molecule has 0 bridgehead atoms. The van der Waals surface area contributed by atoms with Crippen molar-refractivity contribution in [1.29, 1.82) is 0 Å². The molecule has 2 N–H and O–H groups in total. The van der Waals surface area contributed by atoms with E-state index in [-0.39, 0.29) is 0 Å².